The van der Waals surface area contributed by atoms with Crippen molar-refractivity contribution in [2.75, 3.05) is 18.4 Å². The number of anilines is 1. The number of halogens is 1. The van der Waals surface area contributed by atoms with Crippen LogP contribution in [-0.2, 0) is 0 Å². The Hall–Kier alpha value is -2.80. The highest BCUT2D eigenvalue weighted by molar-refractivity contribution is 6.33. The molecule has 23 heavy (non-hydrogen) atoms. The van der Waals surface area contributed by atoms with Gasteiger partial charge in [0.05, 0.1) is 21.2 Å². The van der Waals surface area contributed by atoms with Crippen molar-refractivity contribution in [3.63, 3.8) is 0 Å². The predicted octanol–water partition coefficient (Wildman–Crippen LogP) is 2.80. The summed E-state index contributed by atoms with van der Waals surface area (Å²) in [5.41, 5.74) is 0.642. The first-order valence-electron chi connectivity index (χ1n) is 6.73. The Kier molecular flexibility index (Phi) is 5.37. The molecule has 120 valence electrons. The zero-order chi connectivity index (χ0) is 16.8. The number of phenols is 1. The first-order chi connectivity index (χ1) is 11.0. The number of phenolic OH excluding ortho intramolecular Hbond substituents is 1. The molecule has 0 fully saturated rings. The summed E-state index contributed by atoms with van der Waals surface area (Å²) in [5, 5.41) is 26.0. The van der Waals surface area contributed by atoms with Crippen molar-refractivity contribution in [3.05, 3.63) is 63.2 Å². The van der Waals surface area contributed by atoms with Gasteiger partial charge in [0.2, 0.25) is 0 Å². The number of para-hydroxylation sites is 1. The number of nitrogens with zero attached hydrogens (tertiary/aromatic N) is 1. The molecular formula is C15H14ClN3O4. The Morgan fingerprint density at radius 1 is 1.22 bits per heavy atom. The number of nitrogens with one attached hydrogen (secondary N) is 2. The summed E-state index contributed by atoms with van der Waals surface area (Å²) in [6.45, 7) is 0.664. The second-order valence-electron chi connectivity index (χ2n) is 4.62. The Morgan fingerprint density at radius 3 is 2.61 bits per heavy atom. The molecule has 2 aromatic carbocycles. The Balaban J connectivity index is 1.85. The van der Waals surface area contributed by atoms with E-state index in [4.69, 9.17) is 11.6 Å². The maximum Gasteiger partial charge on any atom is 0.271 e. The lowest BCUT2D eigenvalue weighted by atomic mass is 10.2. The van der Waals surface area contributed by atoms with Crippen molar-refractivity contribution >= 4 is 28.9 Å². The SMILES string of the molecule is O=C(NCCNc1ccc([N+](=O)[O-])cc1Cl)c1ccccc1O. The lowest BCUT2D eigenvalue weighted by molar-refractivity contribution is -0.384. The van der Waals surface area contributed by atoms with Crippen molar-refractivity contribution in [1.29, 1.82) is 0 Å². The number of nitro benzene ring substituents is 1. The number of non-ortho nitro benzene ring substituents is 1. The Morgan fingerprint density at radius 2 is 1.96 bits per heavy atom. The van der Waals surface area contributed by atoms with Crippen LogP contribution in [0, 0.1) is 10.1 Å². The van der Waals surface area contributed by atoms with E-state index in [1.165, 1.54) is 30.3 Å². The van der Waals surface area contributed by atoms with Crippen LogP contribution in [0.3, 0.4) is 0 Å². The number of hydrogen-bond donors (Lipinski definition) is 3. The van der Waals surface area contributed by atoms with Crippen LogP contribution in [0.2, 0.25) is 5.02 Å². The van der Waals surface area contributed by atoms with Crippen LogP contribution >= 0.6 is 11.6 Å². The van der Waals surface area contributed by atoms with E-state index in [-0.39, 0.29) is 27.9 Å². The topological polar surface area (TPSA) is 104 Å². The molecule has 0 aliphatic heterocycles. The highest BCUT2D eigenvalue weighted by atomic mass is 35.5. The van der Waals surface area contributed by atoms with Crippen LogP contribution in [0.4, 0.5) is 11.4 Å². The van der Waals surface area contributed by atoms with E-state index < -0.39 is 4.92 Å². The summed E-state index contributed by atoms with van der Waals surface area (Å²) in [6, 6.07) is 10.3. The van der Waals surface area contributed by atoms with Gasteiger partial charge in [-0.1, -0.05) is 23.7 Å². The molecule has 0 bridgehead atoms. The number of amides is 1. The van der Waals surface area contributed by atoms with Gasteiger partial charge in [0.1, 0.15) is 5.75 Å². The molecule has 0 spiro atoms. The molecule has 7 nitrogen and oxygen atoms in total. The van der Waals surface area contributed by atoms with Gasteiger partial charge in [-0.05, 0) is 18.2 Å². The van der Waals surface area contributed by atoms with Crippen molar-refractivity contribution in [1.82, 2.24) is 5.32 Å². The maximum absolute atomic E-state index is 11.9. The van der Waals surface area contributed by atoms with E-state index in [1.54, 1.807) is 12.1 Å². The Labute approximate surface area is 137 Å². The van der Waals surface area contributed by atoms with E-state index in [0.29, 0.717) is 18.8 Å². The number of carbonyl (C=O) groups is 1. The number of hydrogen-bond acceptors (Lipinski definition) is 5. The van der Waals surface area contributed by atoms with Crippen LogP contribution in [0.5, 0.6) is 5.75 Å². The van der Waals surface area contributed by atoms with Crippen LogP contribution in [0.1, 0.15) is 10.4 Å². The number of nitro groups is 1. The summed E-state index contributed by atoms with van der Waals surface area (Å²) in [4.78, 5) is 22.0. The standard InChI is InChI=1S/C15H14ClN3O4/c16-12-9-10(19(22)23)5-6-13(12)17-7-8-18-15(21)11-3-1-2-4-14(11)20/h1-6,9,17,20H,7-8H2,(H,18,21). The van der Waals surface area contributed by atoms with Gasteiger partial charge in [0, 0.05) is 25.2 Å². The Bertz CT molecular complexity index is 736. The van der Waals surface area contributed by atoms with Crippen molar-refractivity contribution in [2.24, 2.45) is 0 Å². The average Bonchev–Trinajstić information content (AvgIpc) is 2.52. The molecule has 0 aromatic heterocycles. The second-order valence-corrected chi connectivity index (χ2v) is 5.03. The third-order valence-electron chi connectivity index (χ3n) is 3.04. The van der Waals surface area contributed by atoms with Crippen LogP contribution in [-0.4, -0.2) is 29.0 Å². The summed E-state index contributed by atoms with van der Waals surface area (Å²) in [7, 11) is 0. The number of aromatic hydroxyl groups is 1. The van der Waals surface area contributed by atoms with E-state index in [9.17, 15) is 20.0 Å². The summed E-state index contributed by atoms with van der Waals surface area (Å²) in [5.74, 6) is -0.476. The van der Waals surface area contributed by atoms with Gasteiger partial charge >= 0.3 is 0 Å². The van der Waals surface area contributed by atoms with Gasteiger partial charge in [-0.3, -0.25) is 14.9 Å². The average molecular weight is 336 g/mol. The molecular weight excluding hydrogens is 322 g/mol. The molecule has 3 N–H and O–H groups in total. The van der Waals surface area contributed by atoms with Gasteiger partial charge in [0.15, 0.2) is 0 Å². The fourth-order valence-electron chi connectivity index (χ4n) is 1.90. The molecule has 0 atom stereocenters. The number of benzene rings is 2. The molecule has 2 rings (SSSR count). The van der Waals surface area contributed by atoms with Crippen LogP contribution < -0.4 is 10.6 Å². The minimum absolute atomic E-state index is 0.0867. The van der Waals surface area contributed by atoms with Gasteiger partial charge in [0.25, 0.3) is 11.6 Å². The van der Waals surface area contributed by atoms with Gasteiger partial charge in [-0.25, -0.2) is 0 Å². The fraction of sp³-hybridized carbons (Fsp3) is 0.133. The van der Waals surface area contributed by atoms with E-state index in [1.807, 2.05) is 0 Å². The quantitative estimate of drug-likeness (QED) is 0.428. The summed E-state index contributed by atoms with van der Waals surface area (Å²) < 4.78 is 0. The fourth-order valence-corrected chi connectivity index (χ4v) is 2.14. The van der Waals surface area contributed by atoms with Crippen LogP contribution in [0.15, 0.2) is 42.5 Å². The van der Waals surface area contributed by atoms with Gasteiger partial charge in [-0.2, -0.15) is 0 Å². The van der Waals surface area contributed by atoms with Crippen molar-refractivity contribution in [2.45, 2.75) is 0 Å². The van der Waals surface area contributed by atoms with E-state index in [0.717, 1.165) is 0 Å². The lowest BCUT2D eigenvalue weighted by Crippen LogP contribution is -2.28. The molecule has 0 aliphatic rings. The molecule has 0 saturated heterocycles. The normalized spacial score (nSPS) is 10.1. The predicted molar refractivity (Wildman–Crippen MR) is 87.0 cm³/mol. The molecule has 0 aliphatic carbocycles. The third-order valence-corrected chi connectivity index (χ3v) is 3.35. The molecule has 0 heterocycles. The minimum atomic E-state index is -0.526. The molecule has 0 radical (unpaired) electrons. The molecule has 0 unspecified atom stereocenters. The van der Waals surface area contributed by atoms with Gasteiger partial charge in [-0.15, -0.1) is 0 Å². The lowest BCUT2D eigenvalue weighted by Gasteiger charge is -2.10. The number of rotatable bonds is 6. The van der Waals surface area contributed by atoms with Gasteiger partial charge < -0.3 is 15.7 Å². The van der Waals surface area contributed by atoms with E-state index >= 15 is 0 Å². The minimum Gasteiger partial charge on any atom is -0.507 e. The molecule has 0 saturated carbocycles. The van der Waals surface area contributed by atoms with Crippen molar-refractivity contribution < 1.29 is 14.8 Å². The molecule has 1 amide bonds. The first kappa shape index (κ1) is 16.6. The highest BCUT2D eigenvalue weighted by Crippen LogP contribution is 2.26. The highest BCUT2D eigenvalue weighted by Gasteiger charge is 2.10. The number of carbonyl (C=O) groups excluding carboxylic acids is 1. The zero-order valence-corrected chi connectivity index (χ0v) is 12.7. The zero-order valence-electron chi connectivity index (χ0n) is 12.0. The van der Waals surface area contributed by atoms with E-state index in [2.05, 4.69) is 10.6 Å². The third kappa shape index (κ3) is 4.33. The summed E-state index contributed by atoms with van der Waals surface area (Å²) >= 11 is 5.94. The largest absolute Gasteiger partial charge is 0.507 e. The monoisotopic (exact) mass is 335 g/mol. The molecule has 2 aromatic rings. The maximum atomic E-state index is 11.9. The first-order valence-corrected chi connectivity index (χ1v) is 7.11. The summed E-state index contributed by atoms with van der Waals surface area (Å²) in [6.07, 6.45) is 0. The smallest absolute Gasteiger partial charge is 0.271 e. The molecule has 8 heteroatoms. The second kappa shape index (κ2) is 7.46. The van der Waals surface area contributed by atoms with Crippen LogP contribution in [0.25, 0.3) is 0 Å². The van der Waals surface area contributed by atoms with Crippen molar-refractivity contribution in [3.8, 4) is 5.75 Å².